The molecule has 2 aliphatic rings. The Morgan fingerprint density at radius 2 is 2.50 bits per heavy atom. The summed E-state index contributed by atoms with van der Waals surface area (Å²) in [6, 6.07) is -0.101. The number of nitrogens with zero attached hydrogens (tertiary/aromatic N) is 1. The summed E-state index contributed by atoms with van der Waals surface area (Å²) in [7, 11) is 0. The topological polar surface area (TPSA) is 41.5 Å². The maximum absolute atomic E-state index is 11.5. The summed E-state index contributed by atoms with van der Waals surface area (Å²) in [5.41, 5.74) is 0. The van der Waals surface area contributed by atoms with Crippen molar-refractivity contribution in [3.05, 3.63) is 0 Å². The van der Waals surface area contributed by atoms with Gasteiger partial charge in [-0.25, -0.2) is 0 Å². The second-order valence-electron chi connectivity index (χ2n) is 3.81. The number of aliphatic imine (C=N–C) groups is 1. The summed E-state index contributed by atoms with van der Waals surface area (Å²) in [5, 5.41) is 3.38. The minimum atomic E-state index is -0.101. The molecule has 0 aromatic carbocycles. The van der Waals surface area contributed by atoms with Crippen molar-refractivity contribution < 1.29 is 4.79 Å². The summed E-state index contributed by atoms with van der Waals surface area (Å²) >= 11 is 1.92. The number of hydrogen-bond acceptors (Lipinski definition) is 3. The minimum Gasteiger partial charge on any atom is -0.312 e. The molecule has 78 valence electrons. The molecule has 0 bridgehead atoms. The Bertz CT molecular complexity index is 259. The Balaban J connectivity index is 1.99. The van der Waals surface area contributed by atoms with Gasteiger partial charge in [0.05, 0.1) is 5.25 Å². The first-order valence-electron chi connectivity index (χ1n) is 5.31. The molecule has 0 aromatic heterocycles. The second kappa shape index (κ2) is 4.34. The van der Waals surface area contributed by atoms with Gasteiger partial charge in [0.25, 0.3) is 0 Å². The zero-order valence-electron chi connectivity index (χ0n) is 8.45. The van der Waals surface area contributed by atoms with Crippen LogP contribution in [0.1, 0.15) is 32.6 Å². The fraction of sp³-hybridized carbons (Fsp3) is 0.800. The normalized spacial score (nSPS) is 31.8. The van der Waals surface area contributed by atoms with E-state index in [0.29, 0.717) is 5.25 Å². The summed E-state index contributed by atoms with van der Waals surface area (Å²) < 4.78 is 0. The highest BCUT2D eigenvalue weighted by Gasteiger charge is 2.31. The molecule has 0 saturated carbocycles. The van der Waals surface area contributed by atoms with Crippen LogP contribution in [0.15, 0.2) is 4.99 Å². The molecule has 3 nitrogen and oxygen atoms in total. The van der Waals surface area contributed by atoms with Crippen molar-refractivity contribution in [3.8, 4) is 0 Å². The van der Waals surface area contributed by atoms with Crippen LogP contribution in [0.3, 0.4) is 0 Å². The van der Waals surface area contributed by atoms with Gasteiger partial charge in [0, 0.05) is 0 Å². The molecule has 1 fully saturated rings. The first-order valence-corrected chi connectivity index (χ1v) is 6.36. The van der Waals surface area contributed by atoms with Crippen molar-refractivity contribution in [2.24, 2.45) is 4.99 Å². The lowest BCUT2D eigenvalue weighted by atomic mass is 10.2. The molecule has 2 rings (SSSR count). The van der Waals surface area contributed by atoms with E-state index in [1.54, 1.807) is 0 Å². The van der Waals surface area contributed by atoms with Crippen molar-refractivity contribution in [2.45, 2.75) is 43.9 Å². The van der Waals surface area contributed by atoms with Gasteiger partial charge >= 0.3 is 0 Å². The average Bonchev–Trinajstić information content (AvgIpc) is 2.76. The van der Waals surface area contributed by atoms with Crippen molar-refractivity contribution >= 4 is 23.5 Å². The van der Waals surface area contributed by atoms with Crippen LogP contribution in [0.4, 0.5) is 0 Å². The molecule has 2 aliphatic heterocycles. The molecule has 2 unspecified atom stereocenters. The Labute approximate surface area is 88.7 Å². The van der Waals surface area contributed by atoms with Crippen LogP contribution in [0.5, 0.6) is 0 Å². The van der Waals surface area contributed by atoms with E-state index in [2.05, 4.69) is 17.2 Å². The molecule has 1 saturated heterocycles. The lowest BCUT2D eigenvalue weighted by molar-refractivity contribution is -0.120. The highest BCUT2D eigenvalue weighted by molar-refractivity contribution is 8.00. The largest absolute Gasteiger partial charge is 0.312 e. The van der Waals surface area contributed by atoms with E-state index in [9.17, 15) is 4.79 Å². The summed E-state index contributed by atoms with van der Waals surface area (Å²) in [4.78, 5) is 16.0. The number of carbonyl (C=O) groups excluding carboxylic acids is 1. The number of nitrogens with one attached hydrogen (secondary N) is 1. The third-order valence-electron chi connectivity index (χ3n) is 2.65. The Morgan fingerprint density at radius 1 is 1.64 bits per heavy atom. The summed E-state index contributed by atoms with van der Waals surface area (Å²) in [6.07, 6.45) is 4.32. The van der Waals surface area contributed by atoms with Crippen LogP contribution in [0.25, 0.3) is 0 Å². The fourth-order valence-electron chi connectivity index (χ4n) is 1.89. The number of hydrogen-bond donors (Lipinski definition) is 1. The molecule has 0 radical (unpaired) electrons. The van der Waals surface area contributed by atoms with Gasteiger partial charge in [0.2, 0.25) is 5.91 Å². The first kappa shape index (κ1) is 10.0. The standard InChI is InChI=1S/C10H16N2OS/c1-2-4-7-10(13)12-9(11-7)8-5-3-6-14-8/h7-8H,2-6H2,1H3,(H,11,12,13). The van der Waals surface area contributed by atoms with Crippen molar-refractivity contribution in [1.82, 2.24) is 5.32 Å². The molecule has 0 aliphatic carbocycles. The van der Waals surface area contributed by atoms with Gasteiger partial charge in [-0.1, -0.05) is 13.3 Å². The van der Waals surface area contributed by atoms with Crippen molar-refractivity contribution in [2.75, 3.05) is 5.75 Å². The molecule has 0 aromatic rings. The molecular weight excluding hydrogens is 196 g/mol. The van der Waals surface area contributed by atoms with Crippen LogP contribution in [0.2, 0.25) is 0 Å². The molecule has 2 atom stereocenters. The minimum absolute atomic E-state index is 0.101. The number of carbonyl (C=O) groups is 1. The van der Waals surface area contributed by atoms with Gasteiger partial charge in [-0.3, -0.25) is 9.79 Å². The van der Waals surface area contributed by atoms with Crippen LogP contribution < -0.4 is 5.32 Å². The van der Waals surface area contributed by atoms with Crippen LogP contribution >= 0.6 is 11.8 Å². The number of thioether (sulfide) groups is 1. The Hall–Kier alpha value is -0.510. The zero-order chi connectivity index (χ0) is 9.97. The SMILES string of the molecule is CCCC1N=C(C2CCCS2)NC1=O. The summed E-state index contributed by atoms with van der Waals surface area (Å²) in [5.74, 6) is 2.25. The molecule has 1 N–H and O–H groups in total. The van der Waals surface area contributed by atoms with E-state index < -0.39 is 0 Å². The first-order chi connectivity index (χ1) is 6.81. The molecule has 1 amide bonds. The van der Waals surface area contributed by atoms with Crippen LogP contribution in [-0.2, 0) is 4.79 Å². The highest BCUT2D eigenvalue weighted by atomic mass is 32.2. The molecular formula is C10H16N2OS. The van der Waals surface area contributed by atoms with Gasteiger partial charge < -0.3 is 5.32 Å². The van der Waals surface area contributed by atoms with Gasteiger partial charge in [-0.05, 0) is 25.0 Å². The predicted octanol–water partition coefficient (Wildman–Crippen LogP) is 1.58. The average molecular weight is 212 g/mol. The number of amides is 1. The van der Waals surface area contributed by atoms with Crippen LogP contribution in [0, 0.1) is 0 Å². The van der Waals surface area contributed by atoms with E-state index in [1.165, 1.54) is 18.6 Å². The highest BCUT2D eigenvalue weighted by Crippen LogP contribution is 2.28. The quantitative estimate of drug-likeness (QED) is 0.771. The van der Waals surface area contributed by atoms with Gasteiger partial charge in [-0.2, -0.15) is 11.8 Å². The smallest absolute Gasteiger partial charge is 0.250 e. The molecule has 4 heteroatoms. The second-order valence-corrected chi connectivity index (χ2v) is 5.12. The lowest BCUT2D eigenvalue weighted by Crippen LogP contribution is -2.33. The fourth-order valence-corrected chi connectivity index (χ4v) is 3.12. The maximum atomic E-state index is 11.5. The Morgan fingerprint density at radius 3 is 3.14 bits per heavy atom. The van der Waals surface area contributed by atoms with E-state index in [-0.39, 0.29) is 11.9 Å². The molecule has 2 heterocycles. The van der Waals surface area contributed by atoms with Crippen molar-refractivity contribution in [1.29, 1.82) is 0 Å². The lowest BCUT2D eigenvalue weighted by Gasteiger charge is -2.06. The van der Waals surface area contributed by atoms with E-state index in [0.717, 1.165) is 18.7 Å². The molecule has 0 spiro atoms. The summed E-state index contributed by atoms with van der Waals surface area (Å²) in [6.45, 7) is 2.09. The predicted molar refractivity (Wildman–Crippen MR) is 59.8 cm³/mol. The number of amidine groups is 1. The Kier molecular flexibility index (Phi) is 3.11. The van der Waals surface area contributed by atoms with Crippen LogP contribution in [-0.4, -0.2) is 28.8 Å². The van der Waals surface area contributed by atoms with E-state index in [4.69, 9.17) is 0 Å². The monoisotopic (exact) mass is 212 g/mol. The third-order valence-corrected chi connectivity index (χ3v) is 4.03. The van der Waals surface area contributed by atoms with Gasteiger partial charge in [0.1, 0.15) is 11.9 Å². The maximum Gasteiger partial charge on any atom is 0.250 e. The van der Waals surface area contributed by atoms with E-state index in [1.807, 2.05) is 11.8 Å². The third kappa shape index (κ3) is 1.95. The van der Waals surface area contributed by atoms with Crippen molar-refractivity contribution in [3.63, 3.8) is 0 Å². The molecule has 14 heavy (non-hydrogen) atoms. The zero-order valence-corrected chi connectivity index (χ0v) is 9.27. The van der Waals surface area contributed by atoms with Gasteiger partial charge in [-0.15, -0.1) is 0 Å². The van der Waals surface area contributed by atoms with Gasteiger partial charge in [0.15, 0.2) is 0 Å². The van der Waals surface area contributed by atoms with E-state index >= 15 is 0 Å². The number of rotatable bonds is 3.